The van der Waals surface area contributed by atoms with E-state index in [4.69, 9.17) is 11.0 Å². The summed E-state index contributed by atoms with van der Waals surface area (Å²) in [6.07, 6.45) is 1.89. The Hall–Kier alpha value is -1.93. The minimum absolute atomic E-state index is 0.000880. The van der Waals surface area contributed by atoms with Crippen molar-refractivity contribution in [2.45, 2.75) is 40.0 Å². The van der Waals surface area contributed by atoms with Crippen molar-refractivity contribution in [2.75, 3.05) is 11.9 Å². The number of nitrogens with two attached hydrogens (primary N) is 1. The molecule has 0 fully saturated rings. The van der Waals surface area contributed by atoms with Gasteiger partial charge in [0, 0.05) is 17.7 Å². The van der Waals surface area contributed by atoms with E-state index in [0.29, 0.717) is 30.6 Å². The van der Waals surface area contributed by atoms with Crippen molar-refractivity contribution in [2.24, 2.45) is 11.1 Å². The molecule has 0 aliphatic rings. The first-order valence-electron chi connectivity index (χ1n) is 6.99. The van der Waals surface area contributed by atoms with Gasteiger partial charge < -0.3 is 11.1 Å². The summed E-state index contributed by atoms with van der Waals surface area (Å²) < 4.78 is 13.6. The molecule has 0 aliphatic carbocycles. The first kappa shape index (κ1) is 17.1. The molecule has 1 amide bonds. The summed E-state index contributed by atoms with van der Waals surface area (Å²) in [5.41, 5.74) is 6.42. The maximum Gasteiger partial charge on any atom is 0.224 e. The molecule has 0 unspecified atom stereocenters. The molecule has 0 saturated heterocycles. The third kappa shape index (κ3) is 5.16. The van der Waals surface area contributed by atoms with Crippen LogP contribution >= 0.6 is 0 Å². The second kappa shape index (κ2) is 7.19. The molecule has 3 N–H and O–H groups in total. The first-order valence-corrected chi connectivity index (χ1v) is 6.99. The molecule has 0 radical (unpaired) electrons. The fourth-order valence-corrected chi connectivity index (χ4v) is 2.05. The van der Waals surface area contributed by atoms with Gasteiger partial charge in [-0.05, 0) is 43.9 Å². The lowest BCUT2D eigenvalue weighted by molar-refractivity contribution is -0.116. The van der Waals surface area contributed by atoms with E-state index >= 15 is 0 Å². The molecule has 0 atom stereocenters. The molecule has 1 rings (SSSR count). The number of benzene rings is 1. The van der Waals surface area contributed by atoms with Crippen molar-refractivity contribution >= 4 is 11.6 Å². The molecular weight excluding hydrogens is 269 g/mol. The highest BCUT2D eigenvalue weighted by Crippen LogP contribution is 2.26. The van der Waals surface area contributed by atoms with E-state index in [0.717, 1.165) is 12.5 Å². The fourth-order valence-electron chi connectivity index (χ4n) is 2.05. The van der Waals surface area contributed by atoms with Gasteiger partial charge in [-0.1, -0.05) is 13.8 Å². The van der Waals surface area contributed by atoms with Crippen LogP contribution in [0.15, 0.2) is 12.1 Å². The topological polar surface area (TPSA) is 78.9 Å². The summed E-state index contributed by atoms with van der Waals surface area (Å²) in [4.78, 5) is 12.0. The highest BCUT2D eigenvalue weighted by atomic mass is 19.1. The number of rotatable bonds is 6. The Morgan fingerprint density at radius 1 is 1.43 bits per heavy atom. The van der Waals surface area contributed by atoms with Crippen LogP contribution in [-0.2, 0) is 4.79 Å². The van der Waals surface area contributed by atoms with E-state index < -0.39 is 5.82 Å². The molecule has 1 aromatic carbocycles. The Balaban J connectivity index is 2.72. The molecule has 0 aliphatic heterocycles. The molecule has 0 bridgehead atoms. The monoisotopic (exact) mass is 291 g/mol. The predicted octanol–water partition coefficient (Wildman–Crippen LogP) is 3.10. The van der Waals surface area contributed by atoms with E-state index in [1.807, 2.05) is 6.07 Å². The lowest BCUT2D eigenvalue weighted by Crippen LogP contribution is -2.21. The third-order valence-corrected chi connectivity index (χ3v) is 3.60. The van der Waals surface area contributed by atoms with Crippen LogP contribution in [0.5, 0.6) is 0 Å². The van der Waals surface area contributed by atoms with Gasteiger partial charge in [0.15, 0.2) is 0 Å². The van der Waals surface area contributed by atoms with Gasteiger partial charge in [-0.3, -0.25) is 4.79 Å². The van der Waals surface area contributed by atoms with Crippen molar-refractivity contribution in [3.05, 3.63) is 29.1 Å². The summed E-state index contributed by atoms with van der Waals surface area (Å²) in [5, 5.41) is 11.5. The zero-order valence-electron chi connectivity index (χ0n) is 12.8. The summed E-state index contributed by atoms with van der Waals surface area (Å²) >= 11 is 0. The number of amides is 1. The van der Waals surface area contributed by atoms with Crippen LogP contribution in [0.3, 0.4) is 0 Å². The average Bonchev–Trinajstić information content (AvgIpc) is 2.41. The average molecular weight is 291 g/mol. The van der Waals surface area contributed by atoms with Gasteiger partial charge in [-0.2, -0.15) is 5.26 Å². The molecule has 0 spiro atoms. The van der Waals surface area contributed by atoms with Gasteiger partial charge in [0.1, 0.15) is 5.82 Å². The Morgan fingerprint density at radius 2 is 2.10 bits per heavy atom. The smallest absolute Gasteiger partial charge is 0.224 e. The lowest BCUT2D eigenvalue weighted by Gasteiger charge is -2.23. The van der Waals surface area contributed by atoms with Crippen LogP contribution in [0.1, 0.15) is 44.2 Å². The second-order valence-corrected chi connectivity index (χ2v) is 5.99. The lowest BCUT2D eigenvalue weighted by atomic mass is 9.84. The summed E-state index contributed by atoms with van der Waals surface area (Å²) in [6, 6.07) is 4.53. The SMILES string of the molecule is Cc1c(F)cc(C#N)cc1NC(=O)CCC(C)(C)CCN. The van der Waals surface area contributed by atoms with Crippen LogP contribution < -0.4 is 11.1 Å². The Kier molecular flexibility index (Phi) is 5.86. The Bertz CT molecular complexity index is 561. The number of carbonyl (C=O) groups excluding carboxylic acids is 1. The number of nitriles is 1. The number of hydrogen-bond acceptors (Lipinski definition) is 3. The highest BCUT2D eigenvalue weighted by Gasteiger charge is 2.19. The van der Waals surface area contributed by atoms with Crippen molar-refractivity contribution in [1.82, 2.24) is 0 Å². The minimum atomic E-state index is -0.493. The van der Waals surface area contributed by atoms with Gasteiger partial charge in [-0.15, -0.1) is 0 Å². The van der Waals surface area contributed by atoms with Crippen molar-refractivity contribution in [3.8, 4) is 6.07 Å². The van der Waals surface area contributed by atoms with Crippen molar-refractivity contribution < 1.29 is 9.18 Å². The molecule has 21 heavy (non-hydrogen) atoms. The van der Waals surface area contributed by atoms with Crippen LogP contribution in [0.25, 0.3) is 0 Å². The zero-order chi connectivity index (χ0) is 16.0. The van der Waals surface area contributed by atoms with E-state index in [9.17, 15) is 9.18 Å². The molecular formula is C16H22FN3O. The number of hydrogen-bond donors (Lipinski definition) is 2. The number of carbonyl (C=O) groups is 1. The molecule has 0 saturated carbocycles. The van der Waals surface area contributed by atoms with E-state index in [2.05, 4.69) is 19.2 Å². The zero-order valence-corrected chi connectivity index (χ0v) is 12.8. The van der Waals surface area contributed by atoms with Crippen molar-refractivity contribution in [3.63, 3.8) is 0 Å². The second-order valence-electron chi connectivity index (χ2n) is 5.99. The fraction of sp³-hybridized carbons (Fsp3) is 0.500. The maximum atomic E-state index is 13.6. The van der Waals surface area contributed by atoms with Crippen LogP contribution in [-0.4, -0.2) is 12.5 Å². The van der Waals surface area contributed by atoms with E-state index in [1.54, 1.807) is 6.92 Å². The standard InChI is InChI=1S/C16H22FN3O/c1-11-13(17)8-12(10-19)9-14(11)20-15(21)4-5-16(2,3)6-7-18/h8-9H,4-7,18H2,1-3H3,(H,20,21). The number of halogens is 1. The highest BCUT2D eigenvalue weighted by molar-refractivity contribution is 5.91. The molecule has 114 valence electrons. The van der Waals surface area contributed by atoms with Crippen LogP contribution in [0.2, 0.25) is 0 Å². The van der Waals surface area contributed by atoms with Crippen LogP contribution in [0.4, 0.5) is 10.1 Å². The molecule has 0 aromatic heterocycles. The number of nitrogens with one attached hydrogen (secondary N) is 1. The molecule has 5 heteroatoms. The van der Waals surface area contributed by atoms with Gasteiger partial charge in [0.25, 0.3) is 0 Å². The third-order valence-electron chi connectivity index (χ3n) is 3.60. The van der Waals surface area contributed by atoms with Crippen LogP contribution in [0, 0.1) is 29.5 Å². The normalized spacial score (nSPS) is 11.0. The molecule has 1 aromatic rings. The van der Waals surface area contributed by atoms with E-state index in [1.165, 1.54) is 6.07 Å². The predicted molar refractivity (Wildman–Crippen MR) is 81.2 cm³/mol. The quantitative estimate of drug-likeness (QED) is 0.845. The molecule has 4 nitrogen and oxygen atoms in total. The summed E-state index contributed by atoms with van der Waals surface area (Å²) in [7, 11) is 0. The van der Waals surface area contributed by atoms with Crippen molar-refractivity contribution in [1.29, 1.82) is 5.26 Å². The summed E-state index contributed by atoms with van der Waals surface area (Å²) in [6.45, 7) is 6.29. The minimum Gasteiger partial charge on any atom is -0.330 e. The molecule has 0 heterocycles. The van der Waals surface area contributed by atoms with Gasteiger partial charge in [0.2, 0.25) is 5.91 Å². The largest absolute Gasteiger partial charge is 0.330 e. The number of nitrogens with zero attached hydrogens (tertiary/aromatic N) is 1. The summed E-state index contributed by atoms with van der Waals surface area (Å²) in [5.74, 6) is -0.675. The van der Waals surface area contributed by atoms with Gasteiger partial charge >= 0.3 is 0 Å². The van der Waals surface area contributed by atoms with E-state index in [-0.39, 0.29) is 16.9 Å². The maximum absolute atomic E-state index is 13.6. The van der Waals surface area contributed by atoms with Gasteiger partial charge in [0.05, 0.1) is 11.6 Å². The first-order chi connectivity index (χ1) is 9.79. The number of anilines is 1. The van der Waals surface area contributed by atoms with Gasteiger partial charge in [-0.25, -0.2) is 4.39 Å². The Labute approximate surface area is 125 Å². The Morgan fingerprint density at radius 3 is 2.67 bits per heavy atom.